The van der Waals surface area contributed by atoms with Crippen LogP contribution in [0, 0.1) is 25.7 Å². The van der Waals surface area contributed by atoms with Crippen molar-refractivity contribution >= 4 is 23.9 Å². The van der Waals surface area contributed by atoms with E-state index in [1.165, 1.54) is 0 Å². The molecule has 2 saturated heterocycles. The van der Waals surface area contributed by atoms with Gasteiger partial charge in [-0.3, -0.25) is 19.2 Å². The summed E-state index contributed by atoms with van der Waals surface area (Å²) in [6.45, 7) is 3.65. The Morgan fingerprint density at radius 3 is 1.09 bits per heavy atom. The Labute approximate surface area is 194 Å². The van der Waals surface area contributed by atoms with E-state index in [4.69, 9.17) is 0 Å². The van der Waals surface area contributed by atoms with Gasteiger partial charge in [0.1, 0.15) is 23.9 Å². The van der Waals surface area contributed by atoms with Crippen molar-refractivity contribution in [1.29, 1.82) is 0 Å². The molecule has 0 amide bonds. The third-order valence-corrected chi connectivity index (χ3v) is 6.68. The van der Waals surface area contributed by atoms with Gasteiger partial charge in [0.25, 0.3) is 0 Å². The van der Waals surface area contributed by atoms with Gasteiger partial charge in [-0.1, -0.05) is 59.7 Å². The van der Waals surface area contributed by atoms with Crippen LogP contribution in [0.25, 0.3) is 0 Å². The summed E-state index contributed by atoms with van der Waals surface area (Å²) in [5.41, 5.74) is 2.54. The Kier molecular flexibility index (Phi) is 5.88. The molecule has 0 unspecified atom stereocenters. The minimum atomic E-state index is -1.68. The number of carbonyl (C=O) groups is 4. The number of carboxylic acids is 4. The summed E-state index contributed by atoms with van der Waals surface area (Å²) in [5.74, 6) is -8.84. The zero-order chi connectivity index (χ0) is 24.9. The van der Waals surface area contributed by atoms with Gasteiger partial charge < -0.3 is 20.4 Å². The molecule has 10 heteroatoms. The Morgan fingerprint density at radius 1 is 0.559 bits per heavy atom. The van der Waals surface area contributed by atoms with Gasteiger partial charge in [0.15, 0.2) is 0 Å². The first kappa shape index (κ1) is 23.4. The minimum absolute atomic E-state index is 0.395. The topological polar surface area (TPSA) is 156 Å². The number of hydrogen-bond donors (Lipinski definition) is 4. The Hall–Kier alpha value is -3.76. The molecule has 0 bridgehead atoms. The summed E-state index contributed by atoms with van der Waals surface area (Å²) in [6, 6.07) is 7.57. The van der Waals surface area contributed by atoms with Gasteiger partial charge in [0, 0.05) is 0 Å². The van der Waals surface area contributed by atoms with Crippen molar-refractivity contribution in [3.05, 3.63) is 70.8 Å². The molecule has 0 aliphatic carbocycles. The van der Waals surface area contributed by atoms with Crippen molar-refractivity contribution in [1.82, 2.24) is 10.0 Å². The second kappa shape index (κ2) is 8.54. The molecule has 2 aliphatic heterocycles. The zero-order valence-corrected chi connectivity index (χ0v) is 18.4. The van der Waals surface area contributed by atoms with Crippen LogP contribution in [0.3, 0.4) is 0 Å². The molecule has 34 heavy (non-hydrogen) atoms. The SMILES string of the molecule is Cc1ccc([C@@H]2[C@H](C(=O)O)[C@H](C(=O)O)N3[C@H](c4ccc(C)cc4)[C@@H](C(=O)O)[C@@H](C(=O)O)N23)cc1. The van der Waals surface area contributed by atoms with E-state index >= 15 is 0 Å². The second-order valence-electron chi connectivity index (χ2n) is 8.77. The number of hydrogen-bond acceptors (Lipinski definition) is 6. The summed E-state index contributed by atoms with van der Waals surface area (Å²) in [5, 5.41) is 42.7. The Balaban J connectivity index is 2.00. The maximum absolute atomic E-state index is 12.4. The number of carboxylic acid groups (broad SMARTS) is 4. The zero-order valence-electron chi connectivity index (χ0n) is 18.4. The van der Waals surface area contributed by atoms with Gasteiger partial charge in [-0.15, -0.1) is 0 Å². The van der Waals surface area contributed by atoms with Crippen molar-refractivity contribution in [3.8, 4) is 0 Å². The van der Waals surface area contributed by atoms with E-state index in [0.717, 1.165) is 21.1 Å². The third-order valence-electron chi connectivity index (χ3n) is 6.68. The van der Waals surface area contributed by atoms with Crippen LogP contribution >= 0.6 is 0 Å². The summed E-state index contributed by atoms with van der Waals surface area (Å²) in [7, 11) is 0. The molecule has 178 valence electrons. The standard InChI is InChI=1S/C24H24N2O8/c1-11-3-7-13(8-4-11)17-15(21(27)28)19(23(31)32)26-18(14-9-5-12(2)6-10-14)16(22(29)30)20(24(33)34)25(17)26/h3-10,15-20H,1-2H3,(H,27,28)(H,29,30)(H,31,32)(H,33,34)/t15-,16+,17-,18-,19+,20-/m1/s1. The number of rotatable bonds is 6. The number of hydrazine groups is 1. The molecule has 4 rings (SSSR count). The summed E-state index contributed by atoms with van der Waals surface area (Å²) in [6.07, 6.45) is 0. The molecule has 0 radical (unpaired) electrons. The van der Waals surface area contributed by atoms with Crippen molar-refractivity contribution < 1.29 is 39.6 Å². The first-order valence-corrected chi connectivity index (χ1v) is 10.7. The monoisotopic (exact) mass is 468 g/mol. The Bertz CT molecular complexity index is 1060. The van der Waals surface area contributed by atoms with Crippen LogP contribution in [0.1, 0.15) is 34.3 Å². The third kappa shape index (κ3) is 3.61. The lowest BCUT2D eigenvalue weighted by atomic mass is 9.82. The molecule has 0 aromatic heterocycles. The molecule has 2 fully saturated rings. The quantitative estimate of drug-likeness (QED) is 0.494. The molecule has 2 heterocycles. The average Bonchev–Trinajstić information content (AvgIpc) is 3.28. The van der Waals surface area contributed by atoms with E-state index in [1.807, 2.05) is 13.8 Å². The molecule has 6 atom stereocenters. The van der Waals surface area contributed by atoms with Crippen molar-refractivity contribution in [2.75, 3.05) is 0 Å². The Morgan fingerprint density at radius 2 is 0.853 bits per heavy atom. The minimum Gasteiger partial charge on any atom is -0.481 e. The summed E-state index contributed by atoms with van der Waals surface area (Å²) >= 11 is 0. The predicted molar refractivity (Wildman–Crippen MR) is 117 cm³/mol. The molecular weight excluding hydrogens is 444 g/mol. The van der Waals surface area contributed by atoms with Gasteiger partial charge in [0.2, 0.25) is 0 Å². The predicted octanol–water partition coefficient (Wildman–Crippen LogP) is 1.94. The average molecular weight is 468 g/mol. The lowest BCUT2D eigenvalue weighted by Crippen LogP contribution is -2.46. The van der Waals surface area contributed by atoms with Crippen molar-refractivity contribution in [2.45, 2.75) is 38.0 Å². The largest absolute Gasteiger partial charge is 0.481 e. The lowest BCUT2D eigenvalue weighted by Gasteiger charge is -2.32. The number of fused-ring (bicyclic) bond motifs is 1. The normalized spacial score (nSPS) is 29.0. The molecule has 2 aromatic rings. The van der Waals surface area contributed by atoms with Crippen molar-refractivity contribution in [2.24, 2.45) is 11.8 Å². The maximum atomic E-state index is 12.4. The molecule has 4 N–H and O–H groups in total. The highest BCUT2D eigenvalue weighted by Gasteiger charge is 2.68. The first-order valence-electron chi connectivity index (χ1n) is 10.7. The second-order valence-corrected chi connectivity index (χ2v) is 8.77. The first-order chi connectivity index (χ1) is 16.0. The molecule has 10 nitrogen and oxygen atoms in total. The molecular formula is C24H24N2O8. The van der Waals surface area contributed by atoms with Crippen LogP contribution < -0.4 is 0 Å². The highest BCUT2D eigenvalue weighted by molar-refractivity contribution is 5.88. The smallest absolute Gasteiger partial charge is 0.323 e. The highest BCUT2D eigenvalue weighted by atomic mass is 16.4. The van der Waals surface area contributed by atoms with E-state index < -0.39 is 59.9 Å². The van der Waals surface area contributed by atoms with Crippen LogP contribution in [0.15, 0.2) is 48.5 Å². The van der Waals surface area contributed by atoms with Gasteiger partial charge in [-0.25, -0.2) is 10.0 Å². The van der Waals surface area contributed by atoms with Crippen LogP contribution in [-0.4, -0.2) is 66.4 Å². The van der Waals surface area contributed by atoms with Crippen molar-refractivity contribution in [3.63, 3.8) is 0 Å². The van der Waals surface area contributed by atoms with E-state index in [9.17, 15) is 39.6 Å². The molecule has 0 spiro atoms. The van der Waals surface area contributed by atoms with Crippen LogP contribution in [0.5, 0.6) is 0 Å². The van der Waals surface area contributed by atoms with Gasteiger partial charge in [-0.05, 0) is 25.0 Å². The van der Waals surface area contributed by atoms with Crippen LogP contribution in [0.4, 0.5) is 0 Å². The van der Waals surface area contributed by atoms with E-state index in [2.05, 4.69) is 0 Å². The fourth-order valence-corrected chi connectivity index (χ4v) is 5.25. The summed E-state index contributed by atoms with van der Waals surface area (Å²) < 4.78 is 0. The van der Waals surface area contributed by atoms with Crippen LogP contribution in [0.2, 0.25) is 0 Å². The highest BCUT2D eigenvalue weighted by Crippen LogP contribution is 2.55. The fraction of sp³-hybridized carbons (Fsp3) is 0.333. The lowest BCUT2D eigenvalue weighted by molar-refractivity contribution is -0.156. The van der Waals surface area contributed by atoms with Gasteiger partial charge in [0.05, 0.1) is 12.1 Å². The van der Waals surface area contributed by atoms with E-state index in [1.54, 1.807) is 48.5 Å². The van der Waals surface area contributed by atoms with Gasteiger partial charge >= 0.3 is 23.9 Å². The number of aryl methyl sites for hydroxylation is 2. The van der Waals surface area contributed by atoms with Gasteiger partial charge in [-0.2, -0.15) is 0 Å². The molecule has 2 aliphatic rings. The molecule has 2 aromatic carbocycles. The number of aliphatic carboxylic acids is 4. The van der Waals surface area contributed by atoms with Crippen LogP contribution in [-0.2, 0) is 19.2 Å². The fourth-order valence-electron chi connectivity index (χ4n) is 5.25. The number of nitrogens with zero attached hydrogens (tertiary/aromatic N) is 2. The number of benzene rings is 2. The summed E-state index contributed by atoms with van der Waals surface area (Å²) in [4.78, 5) is 49.7. The maximum Gasteiger partial charge on any atom is 0.323 e. The van der Waals surface area contributed by atoms with E-state index in [0.29, 0.717) is 11.1 Å². The molecule has 0 saturated carbocycles. The van der Waals surface area contributed by atoms with E-state index in [-0.39, 0.29) is 0 Å².